The Hall–Kier alpha value is -2.22. The SMILES string of the molecule is CCc1nc2c(s1)C(N(C)C(=O)c1cc3n(n1)CC(C)NC3=O)CCC2. The highest BCUT2D eigenvalue weighted by Gasteiger charge is 2.32. The zero-order valence-corrected chi connectivity index (χ0v) is 16.1. The van der Waals surface area contributed by atoms with E-state index in [-0.39, 0.29) is 23.9 Å². The van der Waals surface area contributed by atoms with Gasteiger partial charge in [-0.15, -0.1) is 11.3 Å². The maximum absolute atomic E-state index is 13.0. The molecule has 1 aliphatic carbocycles. The second-order valence-corrected chi connectivity index (χ2v) is 8.18. The molecule has 2 amide bonds. The Morgan fingerprint density at radius 2 is 2.31 bits per heavy atom. The van der Waals surface area contributed by atoms with Gasteiger partial charge in [-0.05, 0) is 32.6 Å². The summed E-state index contributed by atoms with van der Waals surface area (Å²) < 4.78 is 1.64. The average molecular weight is 373 g/mol. The van der Waals surface area contributed by atoms with Gasteiger partial charge < -0.3 is 10.2 Å². The fraction of sp³-hybridized carbons (Fsp3) is 0.556. The Kier molecular flexibility index (Phi) is 4.30. The highest BCUT2D eigenvalue weighted by Crippen LogP contribution is 2.38. The summed E-state index contributed by atoms with van der Waals surface area (Å²) in [6.45, 7) is 4.62. The third kappa shape index (κ3) is 2.82. The van der Waals surface area contributed by atoms with E-state index >= 15 is 0 Å². The fourth-order valence-electron chi connectivity index (χ4n) is 3.74. The molecule has 2 aromatic rings. The third-order valence-corrected chi connectivity index (χ3v) is 6.46. The summed E-state index contributed by atoms with van der Waals surface area (Å²) in [6.07, 6.45) is 3.87. The molecule has 0 spiro atoms. The highest BCUT2D eigenvalue weighted by molar-refractivity contribution is 7.11. The van der Waals surface area contributed by atoms with Crippen LogP contribution in [0.1, 0.15) is 69.3 Å². The molecule has 0 saturated carbocycles. The van der Waals surface area contributed by atoms with Crippen LogP contribution in [0.3, 0.4) is 0 Å². The minimum Gasteiger partial charge on any atom is -0.346 e. The predicted molar refractivity (Wildman–Crippen MR) is 98.4 cm³/mol. The Morgan fingerprint density at radius 1 is 1.50 bits per heavy atom. The van der Waals surface area contributed by atoms with Crippen molar-refractivity contribution in [1.82, 2.24) is 25.0 Å². The molecule has 4 rings (SSSR count). The topological polar surface area (TPSA) is 80.1 Å². The number of fused-ring (bicyclic) bond motifs is 2. The van der Waals surface area contributed by atoms with E-state index in [4.69, 9.17) is 4.98 Å². The van der Waals surface area contributed by atoms with Gasteiger partial charge in [0.2, 0.25) is 0 Å². The minimum absolute atomic E-state index is 0.0149. The van der Waals surface area contributed by atoms with Crippen LogP contribution in [0.15, 0.2) is 6.07 Å². The number of carbonyl (C=O) groups is 2. The lowest BCUT2D eigenvalue weighted by Gasteiger charge is -2.30. The molecule has 2 unspecified atom stereocenters. The molecule has 1 N–H and O–H groups in total. The number of carbonyl (C=O) groups excluding carboxylic acids is 2. The lowest BCUT2D eigenvalue weighted by atomic mass is 9.97. The summed E-state index contributed by atoms with van der Waals surface area (Å²) in [5.41, 5.74) is 1.93. The normalized spacial score (nSPS) is 21.7. The Balaban J connectivity index is 1.61. The van der Waals surface area contributed by atoms with Crippen LogP contribution in [-0.4, -0.2) is 44.6 Å². The van der Waals surface area contributed by atoms with Crippen molar-refractivity contribution >= 4 is 23.2 Å². The van der Waals surface area contributed by atoms with Crippen molar-refractivity contribution in [2.75, 3.05) is 7.05 Å². The molecule has 0 fully saturated rings. The molecule has 8 heteroatoms. The summed E-state index contributed by atoms with van der Waals surface area (Å²) in [7, 11) is 1.83. The zero-order valence-electron chi connectivity index (χ0n) is 15.3. The number of rotatable bonds is 3. The maximum Gasteiger partial charge on any atom is 0.274 e. The van der Waals surface area contributed by atoms with Gasteiger partial charge >= 0.3 is 0 Å². The van der Waals surface area contributed by atoms with Gasteiger partial charge in [0.1, 0.15) is 5.69 Å². The van der Waals surface area contributed by atoms with Gasteiger partial charge in [-0.25, -0.2) is 4.98 Å². The zero-order chi connectivity index (χ0) is 18.4. The summed E-state index contributed by atoms with van der Waals surface area (Å²) >= 11 is 1.72. The van der Waals surface area contributed by atoms with Gasteiger partial charge in [-0.3, -0.25) is 14.3 Å². The van der Waals surface area contributed by atoms with Crippen molar-refractivity contribution in [3.8, 4) is 0 Å². The number of hydrogen-bond donors (Lipinski definition) is 1. The van der Waals surface area contributed by atoms with E-state index < -0.39 is 0 Å². The molecule has 3 heterocycles. The summed E-state index contributed by atoms with van der Waals surface area (Å²) in [5, 5.41) is 8.40. The van der Waals surface area contributed by atoms with E-state index in [9.17, 15) is 9.59 Å². The molecule has 0 saturated heterocycles. The summed E-state index contributed by atoms with van der Waals surface area (Å²) in [5.74, 6) is -0.315. The van der Waals surface area contributed by atoms with Gasteiger partial charge in [0.25, 0.3) is 11.8 Å². The largest absolute Gasteiger partial charge is 0.346 e. The van der Waals surface area contributed by atoms with Crippen LogP contribution in [0, 0.1) is 0 Å². The van der Waals surface area contributed by atoms with E-state index in [1.54, 1.807) is 27.0 Å². The van der Waals surface area contributed by atoms with Gasteiger partial charge in [0, 0.05) is 19.2 Å². The Labute approximate surface area is 156 Å². The first-order valence-corrected chi connectivity index (χ1v) is 9.94. The number of aromatic nitrogens is 3. The summed E-state index contributed by atoms with van der Waals surface area (Å²) in [4.78, 5) is 32.8. The van der Waals surface area contributed by atoms with E-state index in [2.05, 4.69) is 17.3 Å². The molecule has 0 aromatic carbocycles. The second kappa shape index (κ2) is 6.50. The molecule has 0 radical (unpaired) electrons. The lowest BCUT2D eigenvalue weighted by Crippen LogP contribution is -2.42. The van der Waals surface area contributed by atoms with Crippen LogP contribution in [0.25, 0.3) is 0 Å². The Bertz CT molecular complexity index is 871. The third-order valence-electron chi connectivity index (χ3n) is 5.11. The van der Waals surface area contributed by atoms with Crippen molar-refractivity contribution in [3.63, 3.8) is 0 Å². The van der Waals surface area contributed by atoms with Gasteiger partial charge in [-0.1, -0.05) is 6.92 Å². The molecule has 2 aliphatic rings. The van der Waals surface area contributed by atoms with Crippen LogP contribution in [0.2, 0.25) is 0 Å². The standard InChI is InChI=1S/C18H23N5O2S/c1-4-15-20-11-6-5-7-13(16(11)26-15)22(3)18(25)12-8-14-17(24)19-10(2)9-23(14)21-12/h8,10,13H,4-7,9H2,1-3H3,(H,19,24). The first kappa shape index (κ1) is 17.2. The molecule has 0 bridgehead atoms. The number of amides is 2. The predicted octanol–water partition coefficient (Wildman–Crippen LogP) is 2.18. The van der Waals surface area contributed by atoms with Crippen molar-refractivity contribution in [1.29, 1.82) is 0 Å². The first-order valence-electron chi connectivity index (χ1n) is 9.12. The molecule has 2 aromatic heterocycles. The molecular formula is C18H23N5O2S. The van der Waals surface area contributed by atoms with Crippen LogP contribution >= 0.6 is 11.3 Å². The van der Waals surface area contributed by atoms with Gasteiger partial charge in [0.15, 0.2) is 5.69 Å². The van der Waals surface area contributed by atoms with Crippen LogP contribution in [-0.2, 0) is 19.4 Å². The van der Waals surface area contributed by atoms with Crippen LogP contribution in [0.5, 0.6) is 0 Å². The van der Waals surface area contributed by atoms with Crippen molar-refractivity contribution in [2.45, 2.75) is 58.2 Å². The molecule has 138 valence electrons. The van der Waals surface area contributed by atoms with E-state index in [0.29, 0.717) is 17.9 Å². The second-order valence-electron chi connectivity index (χ2n) is 7.07. The molecule has 1 aliphatic heterocycles. The fourth-order valence-corrected chi connectivity index (χ4v) is 4.97. The highest BCUT2D eigenvalue weighted by atomic mass is 32.1. The molecule has 7 nitrogen and oxygen atoms in total. The van der Waals surface area contributed by atoms with E-state index in [1.165, 1.54) is 4.88 Å². The number of hydrogen-bond acceptors (Lipinski definition) is 5. The number of aryl methyl sites for hydroxylation is 2. The molecular weight excluding hydrogens is 350 g/mol. The van der Waals surface area contributed by atoms with Gasteiger partial charge in [-0.2, -0.15) is 5.10 Å². The number of nitrogens with one attached hydrogen (secondary N) is 1. The minimum atomic E-state index is -0.173. The van der Waals surface area contributed by atoms with E-state index in [0.717, 1.165) is 36.4 Å². The van der Waals surface area contributed by atoms with Gasteiger partial charge in [0.05, 0.1) is 28.2 Å². The maximum atomic E-state index is 13.0. The monoisotopic (exact) mass is 373 g/mol. The average Bonchev–Trinajstić information content (AvgIpc) is 3.23. The Morgan fingerprint density at radius 3 is 3.08 bits per heavy atom. The smallest absolute Gasteiger partial charge is 0.274 e. The van der Waals surface area contributed by atoms with Crippen LogP contribution in [0.4, 0.5) is 0 Å². The first-order chi connectivity index (χ1) is 12.5. The summed E-state index contributed by atoms with van der Waals surface area (Å²) in [6, 6.07) is 1.66. The van der Waals surface area contributed by atoms with Crippen molar-refractivity contribution in [3.05, 3.63) is 33.0 Å². The van der Waals surface area contributed by atoms with Crippen molar-refractivity contribution < 1.29 is 9.59 Å². The molecule has 26 heavy (non-hydrogen) atoms. The van der Waals surface area contributed by atoms with E-state index in [1.807, 2.05) is 14.0 Å². The lowest BCUT2D eigenvalue weighted by molar-refractivity contribution is 0.0710. The van der Waals surface area contributed by atoms with Crippen molar-refractivity contribution in [2.24, 2.45) is 0 Å². The number of nitrogens with zero attached hydrogens (tertiary/aromatic N) is 4. The number of thiazole rings is 1. The van der Waals surface area contributed by atoms with Crippen LogP contribution < -0.4 is 5.32 Å². The molecule has 2 atom stereocenters. The quantitative estimate of drug-likeness (QED) is 0.894.